The van der Waals surface area contributed by atoms with Crippen LogP contribution in [-0.2, 0) is 10.0 Å². The van der Waals surface area contributed by atoms with E-state index in [0.29, 0.717) is 12.3 Å². The molecule has 1 unspecified atom stereocenters. The number of hydrogen-bond donors (Lipinski definition) is 2. The van der Waals surface area contributed by atoms with E-state index in [9.17, 15) is 8.42 Å². The summed E-state index contributed by atoms with van der Waals surface area (Å²) in [5.74, 6) is 0.365. The van der Waals surface area contributed by atoms with Crippen LogP contribution in [0.3, 0.4) is 0 Å². The summed E-state index contributed by atoms with van der Waals surface area (Å²) in [7, 11) is -3.53. The van der Waals surface area contributed by atoms with E-state index in [1.54, 1.807) is 6.92 Å². The molecule has 0 aliphatic rings. The summed E-state index contributed by atoms with van der Waals surface area (Å²) in [5, 5.41) is 0.730. The number of rotatable bonds is 6. The third-order valence-electron chi connectivity index (χ3n) is 2.55. The molecule has 0 fully saturated rings. The molecule has 5 nitrogen and oxygen atoms in total. The van der Waals surface area contributed by atoms with Crippen molar-refractivity contribution < 1.29 is 8.42 Å². The fraction of sp³-hybridized carbons (Fsp3) is 0.727. The van der Waals surface area contributed by atoms with Gasteiger partial charge in [0.1, 0.15) is 0 Å². The van der Waals surface area contributed by atoms with Crippen molar-refractivity contribution in [2.75, 3.05) is 6.54 Å². The number of aromatic nitrogens is 1. The van der Waals surface area contributed by atoms with Gasteiger partial charge < -0.3 is 5.73 Å². The van der Waals surface area contributed by atoms with Crippen molar-refractivity contribution in [1.82, 2.24) is 9.71 Å². The van der Waals surface area contributed by atoms with Gasteiger partial charge >= 0.3 is 0 Å². The average molecular weight is 328 g/mol. The lowest BCUT2D eigenvalue weighted by Gasteiger charge is -2.30. The molecule has 19 heavy (non-hydrogen) atoms. The Morgan fingerprint density at radius 3 is 2.47 bits per heavy atom. The van der Waals surface area contributed by atoms with Crippen molar-refractivity contribution in [3.8, 4) is 0 Å². The van der Waals surface area contributed by atoms with E-state index in [1.165, 1.54) is 6.20 Å². The van der Waals surface area contributed by atoms with E-state index >= 15 is 0 Å². The smallest absolute Gasteiger partial charge is 0.252 e. The quantitative estimate of drug-likeness (QED) is 0.835. The van der Waals surface area contributed by atoms with Gasteiger partial charge in [-0.05, 0) is 26.2 Å². The minimum Gasteiger partial charge on any atom is -0.329 e. The van der Waals surface area contributed by atoms with E-state index in [2.05, 4.69) is 9.71 Å². The first-order valence-electron chi connectivity index (χ1n) is 5.85. The van der Waals surface area contributed by atoms with Gasteiger partial charge in [0, 0.05) is 12.1 Å². The molecule has 0 radical (unpaired) electrons. The number of sulfonamides is 1. The normalized spacial score (nSPS) is 15.1. The van der Waals surface area contributed by atoms with Crippen LogP contribution in [0.1, 0.15) is 32.2 Å². The molecular formula is C11H22ClN3O2S2. The van der Waals surface area contributed by atoms with Gasteiger partial charge in [0.15, 0.2) is 4.21 Å². The fourth-order valence-electron chi connectivity index (χ4n) is 1.91. The number of nitrogens with one attached hydrogen (secondary N) is 1. The second-order valence-electron chi connectivity index (χ2n) is 5.17. The zero-order valence-corrected chi connectivity index (χ0v) is 14.1. The van der Waals surface area contributed by atoms with E-state index in [4.69, 9.17) is 5.73 Å². The summed E-state index contributed by atoms with van der Waals surface area (Å²) in [6, 6.07) is 0. The van der Waals surface area contributed by atoms with Crippen molar-refractivity contribution in [2.45, 2.75) is 43.9 Å². The minimum atomic E-state index is -3.53. The molecule has 0 aliphatic heterocycles. The fourth-order valence-corrected chi connectivity index (χ4v) is 4.44. The Hall–Kier alpha value is -0.210. The molecule has 1 heterocycles. The van der Waals surface area contributed by atoms with Crippen LogP contribution < -0.4 is 10.5 Å². The molecule has 8 heteroatoms. The molecule has 1 atom stereocenters. The molecule has 112 valence electrons. The average Bonchev–Trinajstić information content (AvgIpc) is 2.63. The largest absolute Gasteiger partial charge is 0.329 e. The molecule has 0 spiro atoms. The lowest BCUT2D eigenvalue weighted by molar-refractivity contribution is 0.345. The Kier molecular flexibility index (Phi) is 6.91. The van der Waals surface area contributed by atoms with Crippen molar-refractivity contribution in [3.05, 3.63) is 11.2 Å². The summed E-state index contributed by atoms with van der Waals surface area (Å²) < 4.78 is 27.3. The van der Waals surface area contributed by atoms with Crippen LogP contribution in [0.5, 0.6) is 0 Å². The van der Waals surface area contributed by atoms with Crippen LogP contribution in [-0.4, -0.2) is 25.5 Å². The molecule has 1 rings (SSSR count). The van der Waals surface area contributed by atoms with E-state index in [-0.39, 0.29) is 23.2 Å². The maximum atomic E-state index is 12.2. The Morgan fingerprint density at radius 1 is 1.53 bits per heavy atom. The number of hydrogen-bond acceptors (Lipinski definition) is 5. The highest BCUT2D eigenvalue weighted by molar-refractivity contribution is 7.91. The number of nitrogens with zero attached hydrogens (tertiary/aromatic N) is 1. The van der Waals surface area contributed by atoms with Crippen molar-refractivity contribution in [3.63, 3.8) is 0 Å². The first-order chi connectivity index (χ1) is 8.18. The summed E-state index contributed by atoms with van der Waals surface area (Å²) in [6.45, 7) is 7.96. The van der Waals surface area contributed by atoms with E-state index < -0.39 is 15.6 Å². The molecule has 1 aromatic heterocycles. The van der Waals surface area contributed by atoms with Gasteiger partial charge in [-0.3, -0.25) is 0 Å². The standard InChI is InChI=1S/C11H21N3O2S2.ClH/c1-8(2)5-11(4,7-12)14-18(15,16)10-6-13-9(3)17-10;/h6,8,14H,5,7,12H2,1-4H3;1H. The van der Waals surface area contributed by atoms with Gasteiger partial charge in [-0.2, -0.15) is 0 Å². The molecule has 1 aromatic rings. The first kappa shape index (κ1) is 18.8. The predicted molar refractivity (Wildman–Crippen MR) is 81.3 cm³/mol. The maximum absolute atomic E-state index is 12.2. The number of halogens is 1. The number of thiazole rings is 1. The topological polar surface area (TPSA) is 85.1 Å². The van der Waals surface area contributed by atoms with Crippen LogP contribution in [0.4, 0.5) is 0 Å². The third kappa shape index (κ3) is 5.35. The molecule has 0 amide bonds. The minimum absolute atomic E-state index is 0. The molecule has 0 aliphatic carbocycles. The Morgan fingerprint density at radius 2 is 2.11 bits per heavy atom. The second-order valence-corrected chi connectivity index (χ2v) is 8.31. The van der Waals surface area contributed by atoms with Gasteiger partial charge in [-0.1, -0.05) is 13.8 Å². The van der Waals surface area contributed by atoms with E-state index in [1.807, 2.05) is 20.8 Å². The van der Waals surface area contributed by atoms with Crippen molar-refractivity contribution in [2.24, 2.45) is 11.7 Å². The summed E-state index contributed by atoms with van der Waals surface area (Å²) in [4.78, 5) is 3.97. The van der Waals surface area contributed by atoms with Gasteiger partial charge in [-0.15, -0.1) is 23.7 Å². The number of nitrogens with two attached hydrogens (primary N) is 1. The maximum Gasteiger partial charge on any atom is 0.252 e. The van der Waals surface area contributed by atoms with Crippen LogP contribution in [0.15, 0.2) is 10.4 Å². The first-order valence-corrected chi connectivity index (χ1v) is 8.15. The van der Waals surface area contributed by atoms with Crippen molar-refractivity contribution in [1.29, 1.82) is 0 Å². The Labute approximate surface area is 125 Å². The monoisotopic (exact) mass is 327 g/mol. The Bertz CT molecular complexity index is 502. The number of aryl methyl sites for hydroxylation is 1. The molecule has 0 saturated carbocycles. The molecule has 3 N–H and O–H groups in total. The van der Waals surface area contributed by atoms with Crippen LogP contribution >= 0.6 is 23.7 Å². The Balaban J connectivity index is 0.00000324. The summed E-state index contributed by atoms with van der Waals surface area (Å²) in [5.41, 5.74) is 5.09. The molecule has 0 bridgehead atoms. The highest BCUT2D eigenvalue weighted by atomic mass is 35.5. The molecule has 0 aromatic carbocycles. The van der Waals surface area contributed by atoms with Crippen molar-refractivity contribution >= 4 is 33.8 Å². The molecule has 0 saturated heterocycles. The van der Waals surface area contributed by atoms with Gasteiger partial charge in [0.2, 0.25) is 0 Å². The zero-order chi connectivity index (χ0) is 14.0. The predicted octanol–water partition coefficient (Wildman–Crippen LogP) is 1.92. The highest BCUT2D eigenvalue weighted by Gasteiger charge is 2.31. The lowest BCUT2D eigenvalue weighted by atomic mass is 9.92. The van der Waals surface area contributed by atoms with Crippen LogP contribution in [0.25, 0.3) is 0 Å². The van der Waals surface area contributed by atoms with Crippen LogP contribution in [0, 0.1) is 12.8 Å². The van der Waals surface area contributed by atoms with Gasteiger partial charge in [0.05, 0.1) is 11.2 Å². The SMILES string of the molecule is Cc1ncc(S(=O)(=O)NC(C)(CN)CC(C)C)s1.Cl. The second kappa shape index (κ2) is 6.99. The van der Waals surface area contributed by atoms with Gasteiger partial charge in [0.25, 0.3) is 10.0 Å². The van der Waals surface area contributed by atoms with Gasteiger partial charge in [-0.25, -0.2) is 18.1 Å². The third-order valence-corrected chi connectivity index (χ3v) is 5.57. The lowest BCUT2D eigenvalue weighted by Crippen LogP contribution is -2.51. The van der Waals surface area contributed by atoms with E-state index in [0.717, 1.165) is 16.3 Å². The zero-order valence-electron chi connectivity index (χ0n) is 11.6. The molecular weight excluding hydrogens is 306 g/mol. The van der Waals surface area contributed by atoms with Crippen LogP contribution in [0.2, 0.25) is 0 Å². The summed E-state index contributed by atoms with van der Waals surface area (Å²) in [6.07, 6.45) is 2.08. The highest BCUT2D eigenvalue weighted by Crippen LogP contribution is 2.22. The summed E-state index contributed by atoms with van der Waals surface area (Å²) >= 11 is 1.16.